The maximum absolute atomic E-state index is 11.9. The average molecular weight is 267 g/mol. The number of nitrogens with zero attached hydrogens (tertiary/aromatic N) is 2. The van der Waals surface area contributed by atoms with Crippen LogP contribution in [0.1, 0.15) is 21.7 Å². The molecule has 0 amide bonds. The van der Waals surface area contributed by atoms with Crippen molar-refractivity contribution >= 4 is 11.9 Å². The van der Waals surface area contributed by atoms with Gasteiger partial charge < -0.3 is 10.3 Å². The van der Waals surface area contributed by atoms with Crippen molar-refractivity contribution in [1.29, 1.82) is 0 Å². The van der Waals surface area contributed by atoms with Crippen LogP contribution >= 0.6 is 0 Å². The molecule has 0 fully saturated rings. The predicted molar refractivity (Wildman–Crippen MR) is 80.0 cm³/mol. The molecule has 0 aliphatic carbocycles. The van der Waals surface area contributed by atoms with Crippen molar-refractivity contribution in [1.82, 2.24) is 9.55 Å². The third kappa shape index (κ3) is 3.45. The Kier molecular flexibility index (Phi) is 4.15. The lowest BCUT2D eigenvalue weighted by Crippen LogP contribution is -2.03. The van der Waals surface area contributed by atoms with E-state index in [0.29, 0.717) is 17.9 Å². The van der Waals surface area contributed by atoms with Crippen LogP contribution < -0.4 is 5.73 Å². The fraction of sp³-hybridized carbons (Fsp3) is 0.125. The molecule has 0 aliphatic heterocycles. The lowest BCUT2D eigenvalue weighted by Gasteiger charge is -2.01. The number of allylic oxidation sites excluding steroid dienone is 2. The summed E-state index contributed by atoms with van der Waals surface area (Å²) in [6.07, 6.45) is 7.32. The molecule has 1 heterocycles. The van der Waals surface area contributed by atoms with Gasteiger partial charge in [0.05, 0.1) is 0 Å². The highest BCUT2D eigenvalue weighted by atomic mass is 16.1. The highest BCUT2D eigenvalue weighted by molar-refractivity contribution is 6.04. The summed E-state index contributed by atoms with van der Waals surface area (Å²) in [5, 5.41) is 0. The number of rotatable bonds is 5. The Hall–Kier alpha value is -2.62. The van der Waals surface area contributed by atoms with E-state index >= 15 is 0 Å². The van der Waals surface area contributed by atoms with Gasteiger partial charge in [0.15, 0.2) is 5.82 Å². The lowest BCUT2D eigenvalue weighted by molar-refractivity contribution is 0.103. The molecule has 2 rings (SSSR count). The van der Waals surface area contributed by atoms with Crippen LogP contribution in [0.25, 0.3) is 6.08 Å². The van der Waals surface area contributed by atoms with Crippen LogP contribution in [0.4, 0.5) is 0 Å². The van der Waals surface area contributed by atoms with E-state index in [1.165, 1.54) is 6.08 Å². The van der Waals surface area contributed by atoms with Gasteiger partial charge in [-0.15, -0.1) is 0 Å². The third-order valence-corrected chi connectivity index (χ3v) is 2.88. The molecule has 1 aromatic carbocycles. The van der Waals surface area contributed by atoms with Gasteiger partial charge in [0.2, 0.25) is 5.78 Å². The molecular formula is C16H17N3O. The number of imidazole rings is 1. The van der Waals surface area contributed by atoms with Crippen molar-refractivity contribution < 1.29 is 4.79 Å². The first-order chi connectivity index (χ1) is 9.56. The monoisotopic (exact) mass is 267 g/mol. The molecule has 2 aromatic rings. The van der Waals surface area contributed by atoms with Gasteiger partial charge in [0, 0.05) is 31.6 Å². The van der Waals surface area contributed by atoms with E-state index in [9.17, 15) is 4.79 Å². The molecule has 0 bridgehead atoms. The Labute approximate surface area is 118 Å². The molecule has 1 aromatic heterocycles. The van der Waals surface area contributed by atoms with Gasteiger partial charge in [0.25, 0.3) is 0 Å². The van der Waals surface area contributed by atoms with Crippen LogP contribution in [0, 0.1) is 0 Å². The molecule has 2 N–H and O–H groups in total. The number of aromatic nitrogens is 2. The van der Waals surface area contributed by atoms with Gasteiger partial charge in [-0.3, -0.25) is 4.79 Å². The molecule has 20 heavy (non-hydrogen) atoms. The van der Waals surface area contributed by atoms with Gasteiger partial charge in [0.1, 0.15) is 0 Å². The van der Waals surface area contributed by atoms with Crippen molar-refractivity contribution in [2.75, 3.05) is 0 Å². The van der Waals surface area contributed by atoms with Crippen molar-refractivity contribution in [2.24, 2.45) is 12.8 Å². The Morgan fingerprint density at radius 1 is 1.40 bits per heavy atom. The molecule has 0 aliphatic rings. The average Bonchev–Trinajstić information content (AvgIpc) is 2.83. The van der Waals surface area contributed by atoms with Crippen LogP contribution in [0.5, 0.6) is 0 Å². The summed E-state index contributed by atoms with van der Waals surface area (Å²) in [7, 11) is 1.79. The normalized spacial score (nSPS) is 10.8. The number of hydrogen-bond donors (Lipinski definition) is 1. The van der Waals surface area contributed by atoms with E-state index in [-0.39, 0.29) is 5.78 Å². The minimum atomic E-state index is -0.114. The number of hydrogen-bond acceptors (Lipinski definition) is 3. The molecule has 0 spiro atoms. The van der Waals surface area contributed by atoms with E-state index in [0.717, 1.165) is 11.1 Å². The molecular weight excluding hydrogens is 250 g/mol. The van der Waals surface area contributed by atoms with Crippen molar-refractivity contribution in [3.8, 4) is 0 Å². The van der Waals surface area contributed by atoms with E-state index < -0.39 is 0 Å². The number of ketones is 1. The number of nitrogens with two attached hydrogens (primary N) is 1. The molecule has 0 radical (unpaired) electrons. The number of carbonyl (C=O) groups is 1. The van der Waals surface area contributed by atoms with Crippen LogP contribution in [0.2, 0.25) is 0 Å². The van der Waals surface area contributed by atoms with Crippen LogP contribution in [0.15, 0.2) is 55.0 Å². The van der Waals surface area contributed by atoms with Crippen molar-refractivity contribution in [2.45, 2.75) is 6.42 Å². The fourth-order valence-electron chi connectivity index (χ4n) is 1.86. The summed E-state index contributed by atoms with van der Waals surface area (Å²) < 4.78 is 1.70. The smallest absolute Gasteiger partial charge is 0.221 e. The van der Waals surface area contributed by atoms with E-state index in [4.69, 9.17) is 5.73 Å². The minimum Gasteiger partial charge on any atom is -0.402 e. The van der Waals surface area contributed by atoms with Gasteiger partial charge in [-0.1, -0.05) is 36.9 Å². The molecule has 0 atom stereocenters. The first-order valence-corrected chi connectivity index (χ1v) is 6.28. The largest absolute Gasteiger partial charge is 0.402 e. The second-order valence-electron chi connectivity index (χ2n) is 4.64. The zero-order valence-electron chi connectivity index (χ0n) is 11.4. The fourth-order valence-corrected chi connectivity index (χ4v) is 1.86. The van der Waals surface area contributed by atoms with E-state index in [2.05, 4.69) is 11.6 Å². The number of carbonyl (C=O) groups excluding carboxylic acids is 1. The Morgan fingerprint density at radius 3 is 2.65 bits per heavy atom. The Bertz CT molecular complexity index is 651. The Morgan fingerprint density at radius 2 is 2.10 bits per heavy atom. The topological polar surface area (TPSA) is 60.9 Å². The van der Waals surface area contributed by atoms with Crippen molar-refractivity contribution in [3.63, 3.8) is 0 Å². The zero-order valence-corrected chi connectivity index (χ0v) is 11.4. The summed E-state index contributed by atoms with van der Waals surface area (Å²) in [4.78, 5) is 15.9. The number of benzene rings is 1. The maximum atomic E-state index is 11.9. The number of aryl methyl sites for hydroxylation is 1. The summed E-state index contributed by atoms with van der Waals surface area (Å²) in [6, 6.07) is 7.84. The molecule has 0 unspecified atom stereocenters. The molecule has 102 valence electrons. The predicted octanol–water partition coefficient (Wildman–Crippen LogP) is 2.33. The van der Waals surface area contributed by atoms with Crippen LogP contribution in [-0.4, -0.2) is 15.3 Å². The summed E-state index contributed by atoms with van der Waals surface area (Å²) in [5.74, 6) is 0.314. The van der Waals surface area contributed by atoms with E-state index in [1.54, 1.807) is 30.1 Å². The molecule has 0 saturated heterocycles. The van der Waals surface area contributed by atoms with Gasteiger partial charge in [-0.25, -0.2) is 4.98 Å². The second kappa shape index (κ2) is 6.02. The van der Waals surface area contributed by atoms with E-state index in [1.807, 2.05) is 24.3 Å². The standard InChI is InChI=1S/C16H17N3O/c1-12(17)11-14-5-3-13(4-6-14)7-8-15(20)16-18-9-10-19(16)2/h3-10H,1,11,17H2,2H3/b8-7+. The molecule has 4 heteroatoms. The van der Waals surface area contributed by atoms with Gasteiger partial charge in [-0.05, 0) is 17.2 Å². The minimum absolute atomic E-state index is 0.114. The van der Waals surface area contributed by atoms with Gasteiger partial charge >= 0.3 is 0 Å². The summed E-state index contributed by atoms with van der Waals surface area (Å²) in [5.41, 5.74) is 8.26. The third-order valence-electron chi connectivity index (χ3n) is 2.88. The second-order valence-corrected chi connectivity index (χ2v) is 4.64. The SMILES string of the molecule is C=C(N)Cc1ccc(/C=C/C(=O)c2nccn2C)cc1. The van der Waals surface area contributed by atoms with Crippen LogP contribution in [-0.2, 0) is 13.5 Å². The molecule has 0 saturated carbocycles. The van der Waals surface area contributed by atoms with Crippen LogP contribution in [0.3, 0.4) is 0 Å². The summed E-state index contributed by atoms with van der Waals surface area (Å²) in [6.45, 7) is 3.68. The summed E-state index contributed by atoms with van der Waals surface area (Å²) >= 11 is 0. The zero-order chi connectivity index (χ0) is 14.5. The highest BCUT2D eigenvalue weighted by Crippen LogP contribution is 2.09. The quantitative estimate of drug-likeness (QED) is 0.668. The van der Waals surface area contributed by atoms with Crippen molar-refractivity contribution in [3.05, 3.63) is 72.0 Å². The lowest BCUT2D eigenvalue weighted by atomic mass is 10.1. The molecule has 4 nitrogen and oxygen atoms in total. The maximum Gasteiger partial charge on any atom is 0.221 e. The van der Waals surface area contributed by atoms with Gasteiger partial charge in [-0.2, -0.15) is 0 Å². The first-order valence-electron chi connectivity index (χ1n) is 6.28. The highest BCUT2D eigenvalue weighted by Gasteiger charge is 2.06. The Balaban J connectivity index is 2.06. The first kappa shape index (κ1) is 13.8.